The van der Waals surface area contributed by atoms with Gasteiger partial charge in [0.1, 0.15) is 0 Å². The lowest BCUT2D eigenvalue weighted by atomic mass is 10.7. The van der Waals surface area contributed by atoms with E-state index in [9.17, 15) is 4.57 Å². The summed E-state index contributed by atoms with van der Waals surface area (Å²) in [5, 5.41) is 0. The maximum atomic E-state index is 12.6. The van der Waals surface area contributed by atoms with Crippen molar-refractivity contribution >= 4 is 18.9 Å². The highest BCUT2D eigenvalue weighted by molar-refractivity contribution is 7.62. The van der Waals surface area contributed by atoms with Crippen molar-refractivity contribution in [1.29, 1.82) is 0 Å². The van der Waals surface area contributed by atoms with Crippen LogP contribution in [0.15, 0.2) is 4.42 Å². The molecule has 0 bridgehead atoms. The highest BCUT2D eigenvalue weighted by atomic mass is 31.2. The molecule has 0 spiro atoms. The molecule has 1 rings (SSSR count). The van der Waals surface area contributed by atoms with Gasteiger partial charge in [0.05, 0.1) is 13.2 Å². The second-order valence-corrected chi connectivity index (χ2v) is 5.52. The molecular formula is C10H19N2O4P. The second-order valence-electron chi connectivity index (χ2n) is 3.59. The van der Waals surface area contributed by atoms with Crippen LogP contribution in [0.4, 0.5) is 5.88 Å². The van der Waals surface area contributed by atoms with Crippen molar-refractivity contribution in [1.82, 2.24) is 4.98 Å². The Hall–Kier alpha value is -0.840. The predicted molar refractivity (Wildman–Crippen MR) is 66.1 cm³/mol. The Balaban J connectivity index is 3.22. The predicted octanol–water partition coefficient (Wildman–Crippen LogP) is 1.94. The van der Waals surface area contributed by atoms with Crippen LogP contribution in [0.2, 0.25) is 0 Å². The average molecular weight is 262 g/mol. The highest BCUT2D eigenvalue weighted by Gasteiger charge is 2.35. The van der Waals surface area contributed by atoms with E-state index >= 15 is 0 Å². The van der Waals surface area contributed by atoms with Crippen molar-refractivity contribution in [3.8, 4) is 0 Å². The number of aromatic nitrogens is 1. The van der Waals surface area contributed by atoms with Crippen LogP contribution < -0.4 is 10.3 Å². The molecule has 1 aromatic heterocycles. The van der Waals surface area contributed by atoms with E-state index in [1.807, 2.05) is 0 Å². The Kier molecular flexibility index (Phi) is 4.74. The van der Waals surface area contributed by atoms with E-state index < -0.39 is 7.60 Å². The fraction of sp³-hybridized carbons (Fsp3) is 0.700. The van der Waals surface area contributed by atoms with Crippen molar-refractivity contribution in [2.75, 3.05) is 32.2 Å². The van der Waals surface area contributed by atoms with Gasteiger partial charge in [0.25, 0.3) is 0 Å². The molecule has 0 aliphatic heterocycles. The summed E-state index contributed by atoms with van der Waals surface area (Å²) in [6.45, 7) is 5.78. The summed E-state index contributed by atoms with van der Waals surface area (Å²) in [6.07, 6.45) is 0. The molecule has 0 saturated carbocycles. The van der Waals surface area contributed by atoms with Crippen molar-refractivity contribution < 1.29 is 18.0 Å². The first-order valence-corrected chi connectivity index (χ1v) is 7.03. The van der Waals surface area contributed by atoms with Gasteiger partial charge in [-0.1, -0.05) is 0 Å². The van der Waals surface area contributed by atoms with E-state index in [0.29, 0.717) is 11.8 Å². The molecule has 0 saturated heterocycles. The highest BCUT2D eigenvalue weighted by Crippen LogP contribution is 2.48. The first-order chi connectivity index (χ1) is 7.94. The molecule has 0 radical (unpaired) electrons. The normalized spacial score (nSPS) is 11.8. The maximum absolute atomic E-state index is 12.6. The first kappa shape index (κ1) is 14.2. The van der Waals surface area contributed by atoms with Crippen molar-refractivity contribution in [3.05, 3.63) is 5.89 Å². The largest absolute Gasteiger partial charge is 0.424 e. The topological polar surface area (TPSA) is 64.8 Å². The Morgan fingerprint density at radius 2 is 1.82 bits per heavy atom. The van der Waals surface area contributed by atoms with Gasteiger partial charge in [-0.05, 0) is 13.8 Å². The zero-order chi connectivity index (χ0) is 13.1. The van der Waals surface area contributed by atoms with Crippen molar-refractivity contribution in [2.45, 2.75) is 20.8 Å². The minimum Gasteiger partial charge on any atom is -0.424 e. The molecule has 1 heterocycles. The van der Waals surface area contributed by atoms with Crippen LogP contribution in [0.1, 0.15) is 19.7 Å². The molecule has 0 aliphatic carbocycles. The molecule has 0 N–H and O–H groups in total. The molecule has 1 aromatic rings. The van der Waals surface area contributed by atoms with Crippen LogP contribution in [0.3, 0.4) is 0 Å². The summed E-state index contributed by atoms with van der Waals surface area (Å²) in [5.41, 5.74) is 0.240. The van der Waals surface area contributed by atoms with Gasteiger partial charge in [0.2, 0.25) is 11.3 Å². The van der Waals surface area contributed by atoms with Crippen LogP contribution in [0, 0.1) is 6.92 Å². The zero-order valence-electron chi connectivity index (χ0n) is 10.9. The maximum Gasteiger partial charge on any atom is 0.385 e. The van der Waals surface area contributed by atoms with E-state index in [2.05, 4.69) is 4.98 Å². The lowest BCUT2D eigenvalue weighted by Crippen LogP contribution is -2.20. The molecule has 0 amide bonds. The van der Waals surface area contributed by atoms with Gasteiger partial charge < -0.3 is 18.4 Å². The Bertz CT molecular complexity index is 406. The minimum absolute atomic E-state index is 0.240. The van der Waals surface area contributed by atoms with Crippen molar-refractivity contribution in [2.24, 2.45) is 0 Å². The number of rotatable bonds is 6. The van der Waals surface area contributed by atoms with Gasteiger partial charge in [-0.3, -0.25) is 4.57 Å². The summed E-state index contributed by atoms with van der Waals surface area (Å²) in [6, 6.07) is 0. The van der Waals surface area contributed by atoms with E-state index in [-0.39, 0.29) is 18.6 Å². The smallest absolute Gasteiger partial charge is 0.385 e. The van der Waals surface area contributed by atoms with Crippen LogP contribution in [0.25, 0.3) is 0 Å². The van der Waals surface area contributed by atoms with E-state index in [0.717, 1.165) is 0 Å². The van der Waals surface area contributed by atoms with Crippen LogP contribution in [-0.4, -0.2) is 32.3 Å². The molecule has 0 fully saturated rings. The van der Waals surface area contributed by atoms with Gasteiger partial charge in [-0.2, -0.15) is 0 Å². The van der Waals surface area contributed by atoms with E-state index in [4.69, 9.17) is 13.5 Å². The summed E-state index contributed by atoms with van der Waals surface area (Å²) in [5.74, 6) is 0.844. The molecule has 0 atom stereocenters. The standard InChI is InChI=1S/C10H19N2O4P/c1-6-14-17(13,15-7-2)9-10(12(4)5)16-8(3)11-9/h6-7H2,1-5H3. The van der Waals surface area contributed by atoms with E-state index in [1.54, 1.807) is 39.8 Å². The molecule has 7 heteroatoms. The number of hydrogen-bond acceptors (Lipinski definition) is 6. The molecule has 0 aromatic carbocycles. The third kappa shape index (κ3) is 3.09. The van der Waals surface area contributed by atoms with Crippen LogP contribution >= 0.6 is 7.60 Å². The molecule has 6 nitrogen and oxygen atoms in total. The Morgan fingerprint density at radius 1 is 1.29 bits per heavy atom. The summed E-state index contributed by atoms with van der Waals surface area (Å²) in [4.78, 5) is 5.81. The molecule has 17 heavy (non-hydrogen) atoms. The lowest BCUT2D eigenvalue weighted by molar-refractivity contribution is 0.229. The van der Waals surface area contributed by atoms with Crippen LogP contribution in [0.5, 0.6) is 0 Å². The number of aryl methyl sites for hydroxylation is 1. The van der Waals surface area contributed by atoms with Gasteiger partial charge >= 0.3 is 7.60 Å². The molecule has 0 unspecified atom stereocenters. The molecule has 98 valence electrons. The minimum atomic E-state index is -3.39. The third-order valence-electron chi connectivity index (χ3n) is 1.96. The fourth-order valence-electron chi connectivity index (χ4n) is 1.37. The Labute approximate surface area is 101 Å². The van der Waals surface area contributed by atoms with Gasteiger partial charge in [0.15, 0.2) is 5.89 Å². The second kappa shape index (κ2) is 5.67. The van der Waals surface area contributed by atoms with Gasteiger partial charge in [-0.15, -0.1) is 0 Å². The first-order valence-electron chi connectivity index (χ1n) is 5.49. The zero-order valence-corrected chi connectivity index (χ0v) is 11.8. The van der Waals surface area contributed by atoms with Crippen LogP contribution in [-0.2, 0) is 13.6 Å². The summed E-state index contributed by atoms with van der Waals surface area (Å²) >= 11 is 0. The van der Waals surface area contributed by atoms with E-state index in [1.165, 1.54) is 0 Å². The fourth-order valence-corrected chi connectivity index (χ4v) is 3.12. The molecule has 0 aliphatic rings. The SMILES string of the molecule is CCOP(=O)(OCC)c1nc(C)oc1N(C)C. The number of nitrogens with zero attached hydrogens (tertiary/aromatic N) is 2. The summed E-state index contributed by atoms with van der Waals surface area (Å²) in [7, 11) is 0.178. The molecular weight excluding hydrogens is 243 g/mol. The number of hydrogen-bond donors (Lipinski definition) is 0. The number of oxazole rings is 1. The monoisotopic (exact) mass is 262 g/mol. The Morgan fingerprint density at radius 3 is 2.24 bits per heavy atom. The number of anilines is 1. The average Bonchev–Trinajstić information content (AvgIpc) is 2.62. The van der Waals surface area contributed by atoms with Crippen molar-refractivity contribution in [3.63, 3.8) is 0 Å². The third-order valence-corrected chi connectivity index (χ3v) is 3.97. The summed E-state index contributed by atoms with van der Waals surface area (Å²) < 4.78 is 28.4. The van der Waals surface area contributed by atoms with Gasteiger partial charge in [-0.25, -0.2) is 4.98 Å². The lowest BCUT2D eigenvalue weighted by Gasteiger charge is -2.17. The van der Waals surface area contributed by atoms with Gasteiger partial charge in [0, 0.05) is 21.0 Å². The quantitative estimate of drug-likeness (QED) is 0.730.